The third-order valence-corrected chi connectivity index (χ3v) is 5.89. The molecule has 0 saturated heterocycles. The van der Waals surface area contributed by atoms with Crippen molar-refractivity contribution in [3.05, 3.63) is 57.2 Å². The van der Waals surface area contributed by atoms with Crippen molar-refractivity contribution in [1.29, 1.82) is 15.8 Å². The van der Waals surface area contributed by atoms with Crippen molar-refractivity contribution in [1.82, 2.24) is 4.90 Å². The Bertz CT molecular complexity index is 1030. The standard InChI is InChI=1S/C21H18BrN5O2/c1-2-29-20(28)27-7-6-15-16(9-23)19(26)21(11-24,12-25)18(17(15)10-27)13-4-3-5-14(22)8-13/h3-6,8,17-18H,2,7,10,26H2,1H3/t17-,18-/m1/s1. The van der Waals surface area contributed by atoms with E-state index in [2.05, 4.69) is 34.1 Å². The molecule has 146 valence electrons. The Morgan fingerprint density at radius 2 is 2.10 bits per heavy atom. The highest BCUT2D eigenvalue weighted by atomic mass is 79.9. The number of benzene rings is 1. The van der Waals surface area contributed by atoms with Gasteiger partial charge < -0.3 is 15.4 Å². The van der Waals surface area contributed by atoms with Crippen molar-refractivity contribution in [3.8, 4) is 18.2 Å². The van der Waals surface area contributed by atoms with Crippen LogP contribution in [0, 0.1) is 45.3 Å². The average molecular weight is 452 g/mol. The number of amides is 1. The summed E-state index contributed by atoms with van der Waals surface area (Å²) in [6.45, 7) is 2.44. The molecule has 3 rings (SSSR count). The molecule has 1 aliphatic heterocycles. The van der Waals surface area contributed by atoms with Gasteiger partial charge in [-0.15, -0.1) is 0 Å². The maximum Gasteiger partial charge on any atom is 0.410 e. The fourth-order valence-electron chi connectivity index (χ4n) is 4.12. The summed E-state index contributed by atoms with van der Waals surface area (Å²) >= 11 is 3.43. The summed E-state index contributed by atoms with van der Waals surface area (Å²) in [6.07, 6.45) is 1.29. The van der Waals surface area contributed by atoms with Crippen LogP contribution >= 0.6 is 15.9 Å². The fraction of sp³-hybridized carbons (Fsp3) is 0.333. The molecule has 0 radical (unpaired) electrons. The summed E-state index contributed by atoms with van der Waals surface area (Å²) in [5.41, 5.74) is 6.02. The zero-order valence-electron chi connectivity index (χ0n) is 15.7. The number of nitriles is 3. The highest BCUT2D eigenvalue weighted by Gasteiger charge is 2.54. The molecule has 1 aromatic carbocycles. The number of fused-ring (bicyclic) bond motifs is 1. The van der Waals surface area contributed by atoms with Gasteiger partial charge in [-0.2, -0.15) is 15.8 Å². The molecule has 2 N–H and O–H groups in total. The Morgan fingerprint density at radius 1 is 1.38 bits per heavy atom. The predicted molar refractivity (Wildman–Crippen MR) is 108 cm³/mol. The number of rotatable bonds is 2. The van der Waals surface area contributed by atoms with Crippen molar-refractivity contribution in [2.24, 2.45) is 17.1 Å². The number of nitrogens with two attached hydrogens (primary N) is 1. The minimum atomic E-state index is -1.73. The van der Waals surface area contributed by atoms with Crippen LogP contribution in [0.1, 0.15) is 18.4 Å². The molecule has 0 bridgehead atoms. The van der Waals surface area contributed by atoms with Gasteiger partial charge >= 0.3 is 6.09 Å². The lowest BCUT2D eigenvalue weighted by Gasteiger charge is -2.45. The Balaban J connectivity index is 2.24. The van der Waals surface area contributed by atoms with Crippen molar-refractivity contribution in [3.63, 3.8) is 0 Å². The van der Waals surface area contributed by atoms with Gasteiger partial charge in [0.1, 0.15) is 6.07 Å². The Hall–Kier alpha value is -3.28. The molecule has 0 fully saturated rings. The van der Waals surface area contributed by atoms with Crippen molar-refractivity contribution in [2.75, 3.05) is 19.7 Å². The molecule has 0 unspecified atom stereocenters. The molecule has 8 heteroatoms. The maximum atomic E-state index is 12.3. The fourth-order valence-corrected chi connectivity index (χ4v) is 4.54. The highest BCUT2D eigenvalue weighted by Crippen LogP contribution is 2.54. The summed E-state index contributed by atoms with van der Waals surface area (Å²) in [5.74, 6) is -1.11. The van der Waals surface area contributed by atoms with Crippen LogP contribution < -0.4 is 5.73 Å². The van der Waals surface area contributed by atoms with Crippen LogP contribution in [-0.2, 0) is 4.74 Å². The van der Waals surface area contributed by atoms with Gasteiger partial charge in [0.25, 0.3) is 0 Å². The van der Waals surface area contributed by atoms with Crippen LogP contribution in [0.4, 0.5) is 4.79 Å². The summed E-state index contributed by atoms with van der Waals surface area (Å²) in [6, 6.07) is 13.5. The van der Waals surface area contributed by atoms with Crippen LogP contribution in [0.15, 0.2) is 51.7 Å². The number of hydrogen-bond acceptors (Lipinski definition) is 6. The molecular formula is C21H18BrN5O2. The van der Waals surface area contributed by atoms with Gasteiger partial charge in [0.2, 0.25) is 0 Å². The lowest BCUT2D eigenvalue weighted by Crippen LogP contribution is -2.49. The van der Waals surface area contributed by atoms with Crippen LogP contribution in [-0.4, -0.2) is 30.7 Å². The lowest BCUT2D eigenvalue weighted by molar-refractivity contribution is 0.0999. The van der Waals surface area contributed by atoms with Crippen LogP contribution in [0.5, 0.6) is 0 Å². The summed E-state index contributed by atoms with van der Waals surface area (Å²) in [5, 5.41) is 29.8. The number of halogens is 1. The van der Waals surface area contributed by atoms with E-state index in [9.17, 15) is 20.6 Å². The minimum absolute atomic E-state index is 0.0398. The first-order chi connectivity index (χ1) is 13.9. The summed E-state index contributed by atoms with van der Waals surface area (Å²) in [7, 11) is 0. The molecule has 1 amide bonds. The van der Waals surface area contributed by atoms with Gasteiger partial charge in [0.15, 0.2) is 5.41 Å². The van der Waals surface area contributed by atoms with E-state index in [4.69, 9.17) is 10.5 Å². The number of carbonyl (C=O) groups excluding carboxylic acids is 1. The van der Waals surface area contributed by atoms with Crippen molar-refractivity contribution in [2.45, 2.75) is 12.8 Å². The second-order valence-electron chi connectivity index (χ2n) is 6.83. The summed E-state index contributed by atoms with van der Waals surface area (Å²) < 4.78 is 5.91. The second kappa shape index (κ2) is 7.99. The minimum Gasteiger partial charge on any atom is -0.450 e. The number of ether oxygens (including phenoxy) is 1. The third-order valence-electron chi connectivity index (χ3n) is 5.40. The predicted octanol–water partition coefficient (Wildman–Crippen LogP) is 3.33. The van der Waals surface area contributed by atoms with E-state index < -0.39 is 23.3 Å². The van der Waals surface area contributed by atoms with E-state index in [0.717, 1.165) is 10.0 Å². The molecule has 2 atom stereocenters. The SMILES string of the molecule is CCOC(=O)N1CC=C2C(C#N)=C(N)C(C#N)(C#N)[C@H](c3cccc(Br)c3)[C@@H]2C1. The van der Waals surface area contributed by atoms with Gasteiger partial charge in [0.05, 0.1) is 30.0 Å². The molecule has 0 saturated carbocycles. The van der Waals surface area contributed by atoms with Crippen LogP contribution in [0.3, 0.4) is 0 Å². The zero-order valence-corrected chi connectivity index (χ0v) is 17.3. The molecule has 0 aromatic heterocycles. The first-order valence-electron chi connectivity index (χ1n) is 9.03. The topological polar surface area (TPSA) is 127 Å². The first kappa shape index (κ1) is 20.5. The second-order valence-corrected chi connectivity index (χ2v) is 7.75. The number of allylic oxidation sites excluding steroid dienone is 2. The maximum absolute atomic E-state index is 12.3. The Morgan fingerprint density at radius 3 is 2.69 bits per heavy atom. The van der Waals surface area contributed by atoms with E-state index in [-0.39, 0.29) is 31.0 Å². The molecule has 1 aliphatic carbocycles. The smallest absolute Gasteiger partial charge is 0.410 e. The van der Waals surface area contributed by atoms with Gasteiger partial charge in [-0.05, 0) is 30.2 Å². The molecule has 1 heterocycles. The Kier molecular flexibility index (Phi) is 5.64. The molecule has 2 aliphatic rings. The van der Waals surface area contributed by atoms with Gasteiger partial charge in [0, 0.05) is 29.4 Å². The van der Waals surface area contributed by atoms with E-state index in [1.165, 1.54) is 4.90 Å². The monoisotopic (exact) mass is 451 g/mol. The number of carbonyl (C=O) groups is 1. The summed E-state index contributed by atoms with van der Waals surface area (Å²) in [4.78, 5) is 13.8. The van der Waals surface area contributed by atoms with Gasteiger partial charge in [-0.1, -0.05) is 34.1 Å². The quantitative estimate of drug-likeness (QED) is 0.734. The van der Waals surface area contributed by atoms with E-state index >= 15 is 0 Å². The average Bonchev–Trinajstić information content (AvgIpc) is 2.73. The first-order valence-corrected chi connectivity index (χ1v) is 9.83. The van der Waals surface area contributed by atoms with E-state index in [1.54, 1.807) is 13.0 Å². The Labute approximate surface area is 177 Å². The van der Waals surface area contributed by atoms with Crippen LogP contribution in [0.2, 0.25) is 0 Å². The van der Waals surface area contributed by atoms with Crippen molar-refractivity contribution < 1.29 is 9.53 Å². The molecule has 1 aromatic rings. The van der Waals surface area contributed by atoms with Crippen LogP contribution in [0.25, 0.3) is 0 Å². The normalized spacial score (nSPS) is 22.4. The van der Waals surface area contributed by atoms with E-state index in [0.29, 0.717) is 5.57 Å². The highest BCUT2D eigenvalue weighted by molar-refractivity contribution is 9.10. The lowest BCUT2D eigenvalue weighted by atomic mass is 9.58. The number of hydrogen-bond donors (Lipinski definition) is 1. The van der Waals surface area contributed by atoms with E-state index in [1.807, 2.05) is 24.3 Å². The molecule has 0 spiro atoms. The molecule has 7 nitrogen and oxygen atoms in total. The number of nitrogens with zero attached hydrogens (tertiary/aromatic N) is 4. The van der Waals surface area contributed by atoms with Gasteiger partial charge in [-0.25, -0.2) is 4.79 Å². The van der Waals surface area contributed by atoms with Crippen molar-refractivity contribution >= 4 is 22.0 Å². The third kappa shape index (κ3) is 3.24. The largest absolute Gasteiger partial charge is 0.450 e. The molecular weight excluding hydrogens is 434 g/mol. The zero-order chi connectivity index (χ0) is 21.2. The molecule has 29 heavy (non-hydrogen) atoms. The van der Waals surface area contributed by atoms with Gasteiger partial charge in [-0.3, -0.25) is 0 Å².